The first kappa shape index (κ1) is 16.5. The minimum atomic E-state index is -0.111. The van der Waals surface area contributed by atoms with E-state index >= 15 is 0 Å². The molecule has 1 aliphatic carbocycles. The number of aromatic nitrogens is 2. The summed E-state index contributed by atoms with van der Waals surface area (Å²) in [5.41, 5.74) is 0. The molecule has 3 aliphatic rings. The Morgan fingerprint density at radius 3 is 2.76 bits per heavy atom. The van der Waals surface area contributed by atoms with Crippen molar-refractivity contribution in [2.45, 2.75) is 51.1 Å². The van der Waals surface area contributed by atoms with Crippen molar-refractivity contribution in [2.24, 2.45) is 11.8 Å². The molecule has 8 nitrogen and oxygen atoms in total. The topological polar surface area (TPSA) is 97.6 Å². The standard InChI is InChI=1S/C17H24N4O4/c22-15-4-3-13(21(15)10-11-1-2-11)17-19-14(20-25-17)9-18-16(23)12-5-7-24-8-6-12/h11-13H,1-10H2,(H,18,23)/t13-/m0/s1. The fraction of sp³-hybridized carbons (Fsp3) is 0.765. The summed E-state index contributed by atoms with van der Waals surface area (Å²) in [6.07, 6.45) is 5.16. The SMILES string of the molecule is O=C(NCc1noc([C@@H]2CCC(=O)N2CC2CC2)n1)C1CCOCC1. The van der Waals surface area contributed by atoms with Gasteiger partial charge in [-0.05, 0) is 38.0 Å². The summed E-state index contributed by atoms with van der Waals surface area (Å²) in [4.78, 5) is 30.5. The highest BCUT2D eigenvalue weighted by molar-refractivity contribution is 5.79. The molecule has 0 radical (unpaired) electrons. The van der Waals surface area contributed by atoms with Crippen LogP contribution in [0.25, 0.3) is 0 Å². The quantitative estimate of drug-likeness (QED) is 0.829. The summed E-state index contributed by atoms with van der Waals surface area (Å²) >= 11 is 0. The van der Waals surface area contributed by atoms with Gasteiger partial charge >= 0.3 is 0 Å². The molecule has 4 rings (SSSR count). The van der Waals surface area contributed by atoms with Crippen LogP contribution in [-0.2, 0) is 20.9 Å². The zero-order chi connectivity index (χ0) is 17.2. The number of carbonyl (C=O) groups excluding carboxylic acids is 2. The first-order chi connectivity index (χ1) is 12.2. The molecule has 1 saturated carbocycles. The largest absolute Gasteiger partial charge is 0.381 e. The van der Waals surface area contributed by atoms with Gasteiger partial charge in [-0.3, -0.25) is 9.59 Å². The lowest BCUT2D eigenvalue weighted by Crippen LogP contribution is -2.34. The minimum Gasteiger partial charge on any atom is -0.381 e. The van der Waals surface area contributed by atoms with E-state index in [1.54, 1.807) is 0 Å². The van der Waals surface area contributed by atoms with Crippen LogP contribution in [0.2, 0.25) is 0 Å². The summed E-state index contributed by atoms with van der Waals surface area (Å²) in [7, 11) is 0. The molecule has 0 unspecified atom stereocenters. The van der Waals surface area contributed by atoms with E-state index in [0.717, 1.165) is 25.8 Å². The molecule has 1 aromatic rings. The molecule has 0 aromatic carbocycles. The van der Waals surface area contributed by atoms with E-state index in [0.29, 0.717) is 37.3 Å². The van der Waals surface area contributed by atoms with E-state index in [9.17, 15) is 9.59 Å². The summed E-state index contributed by atoms with van der Waals surface area (Å²) in [6.45, 7) is 2.32. The maximum Gasteiger partial charge on any atom is 0.249 e. The summed E-state index contributed by atoms with van der Waals surface area (Å²) in [5.74, 6) is 1.76. The molecule has 0 bridgehead atoms. The second-order valence-electron chi connectivity index (χ2n) is 7.20. The zero-order valence-electron chi connectivity index (χ0n) is 14.3. The monoisotopic (exact) mass is 348 g/mol. The van der Waals surface area contributed by atoms with Gasteiger partial charge in [-0.1, -0.05) is 5.16 Å². The number of carbonyl (C=O) groups is 2. The number of nitrogens with one attached hydrogen (secondary N) is 1. The van der Waals surface area contributed by atoms with Gasteiger partial charge < -0.3 is 19.5 Å². The molecule has 3 heterocycles. The fourth-order valence-electron chi connectivity index (χ4n) is 3.54. The second kappa shape index (κ2) is 7.11. The van der Waals surface area contributed by atoms with Crippen LogP contribution >= 0.6 is 0 Å². The highest BCUT2D eigenvalue weighted by Gasteiger charge is 2.39. The van der Waals surface area contributed by atoms with Crippen molar-refractivity contribution in [1.82, 2.24) is 20.4 Å². The van der Waals surface area contributed by atoms with Crippen molar-refractivity contribution in [3.8, 4) is 0 Å². The molecule has 1 aromatic heterocycles. The third kappa shape index (κ3) is 3.84. The van der Waals surface area contributed by atoms with Gasteiger partial charge in [0.25, 0.3) is 0 Å². The smallest absolute Gasteiger partial charge is 0.249 e. The van der Waals surface area contributed by atoms with Crippen LogP contribution in [0.4, 0.5) is 0 Å². The number of hydrogen-bond acceptors (Lipinski definition) is 6. The van der Waals surface area contributed by atoms with Gasteiger partial charge in [-0.25, -0.2) is 0 Å². The van der Waals surface area contributed by atoms with Gasteiger partial charge in [0.1, 0.15) is 6.04 Å². The third-order valence-electron chi connectivity index (χ3n) is 5.26. The van der Waals surface area contributed by atoms with Crippen molar-refractivity contribution in [2.75, 3.05) is 19.8 Å². The van der Waals surface area contributed by atoms with Gasteiger partial charge in [0.2, 0.25) is 17.7 Å². The van der Waals surface area contributed by atoms with Crippen LogP contribution in [0.1, 0.15) is 56.3 Å². The van der Waals surface area contributed by atoms with E-state index in [1.807, 2.05) is 4.90 Å². The number of amides is 2. The van der Waals surface area contributed by atoms with E-state index < -0.39 is 0 Å². The molecule has 3 fully saturated rings. The number of likely N-dealkylation sites (tertiary alicyclic amines) is 1. The van der Waals surface area contributed by atoms with E-state index in [1.165, 1.54) is 12.8 Å². The second-order valence-corrected chi connectivity index (χ2v) is 7.20. The van der Waals surface area contributed by atoms with Crippen LogP contribution in [0.3, 0.4) is 0 Å². The Morgan fingerprint density at radius 2 is 2.00 bits per heavy atom. The van der Waals surface area contributed by atoms with Crippen molar-refractivity contribution >= 4 is 11.8 Å². The normalized spacial score (nSPS) is 24.7. The highest BCUT2D eigenvalue weighted by Crippen LogP contribution is 2.37. The lowest BCUT2D eigenvalue weighted by Gasteiger charge is -2.21. The van der Waals surface area contributed by atoms with Gasteiger partial charge in [-0.15, -0.1) is 0 Å². The summed E-state index contributed by atoms with van der Waals surface area (Å²) < 4.78 is 10.7. The van der Waals surface area contributed by atoms with Gasteiger partial charge in [-0.2, -0.15) is 4.98 Å². The molecule has 2 amide bonds. The van der Waals surface area contributed by atoms with Crippen molar-refractivity contribution in [3.05, 3.63) is 11.7 Å². The van der Waals surface area contributed by atoms with E-state index in [2.05, 4.69) is 15.5 Å². The summed E-state index contributed by atoms with van der Waals surface area (Å²) in [5, 5.41) is 6.84. The number of hydrogen-bond donors (Lipinski definition) is 1. The Bertz CT molecular complexity index is 636. The molecule has 2 aliphatic heterocycles. The number of ether oxygens (including phenoxy) is 1. The molecule has 1 N–H and O–H groups in total. The zero-order valence-corrected chi connectivity index (χ0v) is 14.3. The Labute approximate surface area is 146 Å². The van der Waals surface area contributed by atoms with Crippen LogP contribution in [0, 0.1) is 11.8 Å². The maximum atomic E-state index is 12.2. The molecule has 2 saturated heterocycles. The lowest BCUT2D eigenvalue weighted by molar-refractivity contribution is -0.129. The molecule has 1 atom stereocenters. The van der Waals surface area contributed by atoms with E-state index in [4.69, 9.17) is 9.26 Å². The molecular formula is C17H24N4O4. The van der Waals surface area contributed by atoms with Gasteiger partial charge in [0.15, 0.2) is 5.82 Å². The average molecular weight is 348 g/mol. The summed E-state index contributed by atoms with van der Waals surface area (Å²) in [6, 6.07) is -0.111. The predicted octanol–water partition coefficient (Wildman–Crippen LogP) is 1.19. The number of nitrogens with zero attached hydrogens (tertiary/aromatic N) is 3. The van der Waals surface area contributed by atoms with Gasteiger partial charge in [0, 0.05) is 32.1 Å². The Morgan fingerprint density at radius 1 is 1.20 bits per heavy atom. The van der Waals surface area contributed by atoms with Crippen LogP contribution in [0.5, 0.6) is 0 Å². The minimum absolute atomic E-state index is 0.00149. The van der Waals surface area contributed by atoms with Crippen LogP contribution in [0.15, 0.2) is 4.52 Å². The fourth-order valence-corrected chi connectivity index (χ4v) is 3.54. The van der Waals surface area contributed by atoms with Gasteiger partial charge in [0.05, 0.1) is 6.54 Å². The van der Waals surface area contributed by atoms with E-state index in [-0.39, 0.29) is 30.3 Å². The third-order valence-corrected chi connectivity index (χ3v) is 5.26. The lowest BCUT2D eigenvalue weighted by atomic mass is 9.99. The van der Waals surface area contributed by atoms with Crippen molar-refractivity contribution in [3.63, 3.8) is 0 Å². The molecule has 136 valence electrons. The first-order valence-electron chi connectivity index (χ1n) is 9.18. The Kier molecular flexibility index (Phi) is 4.70. The maximum absolute atomic E-state index is 12.2. The number of rotatable bonds is 6. The van der Waals surface area contributed by atoms with Crippen molar-refractivity contribution < 1.29 is 18.8 Å². The first-order valence-corrected chi connectivity index (χ1v) is 9.18. The molecular weight excluding hydrogens is 324 g/mol. The Hall–Kier alpha value is -1.96. The van der Waals surface area contributed by atoms with Crippen molar-refractivity contribution in [1.29, 1.82) is 0 Å². The molecule has 8 heteroatoms. The molecule has 25 heavy (non-hydrogen) atoms. The van der Waals surface area contributed by atoms with Crippen LogP contribution in [-0.4, -0.2) is 46.6 Å². The predicted molar refractivity (Wildman–Crippen MR) is 86.1 cm³/mol. The highest BCUT2D eigenvalue weighted by atomic mass is 16.5. The molecule has 0 spiro atoms. The van der Waals surface area contributed by atoms with Crippen LogP contribution < -0.4 is 5.32 Å². The Balaban J connectivity index is 1.33. The average Bonchev–Trinajstić information content (AvgIpc) is 3.22.